The number of rotatable bonds is 7. The largest absolute Gasteiger partial charge is 0.454 e. The van der Waals surface area contributed by atoms with Crippen LogP contribution in [0.3, 0.4) is 0 Å². The van der Waals surface area contributed by atoms with Gasteiger partial charge in [-0.1, -0.05) is 0 Å². The average molecular weight is 461 g/mol. The summed E-state index contributed by atoms with van der Waals surface area (Å²) in [6.45, 7) is 0.235. The van der Waals surface area contributed by atoms with Crippen molar-refractivity contribution in [3.05, 3.63) is 46.9 Å². The highest BCUT2D eigenvalue weighted by Gasteiger charge is 2.21. The number of carbonyl (C=O) groups excluding carboxylic acids is 1. The van der Waals surface area contributed by atoms with Gasteiger partial charge >= 0.3 is 5.69 Å². The molecular formula is C21H24N4O6S. The Bertz CT molecular complexity index is 1360. The van der Waals surface area contributed by atoms with Gasteiger partial charge in [0.05, 0.1) is 23.0 Å². The maximum Gasteiger partial charge on any atom is 0.328 e. The second-order valence-electron chi connectivity index (χ2n) is 7.63. The number of benzene rings is 2. The van der Waals surface area contributed by atoms with Gasteiger partial charge in [-0.25, -0.2) is 13.2 Å². The van der Waals surface area contributed by atoms with Crippen molar-refractivity contribution < 1.29 is 22.7 Å². The monoisotopic (exact) mass is 460 g/mol. The standard InChI is InChI=1S/C21H24N4O6S/c1-23-16-8-6-14(11-17(16)24(2)21(23)27)22-20(26)5-4-10-25(32(3,28)29)15-7-9-18-19(12-15)31-13-30-18/h6-9,11-12H,4-5,10,13H2,1-3H3,(H,22,26). The summed E-state index contributed by atoms with van der Waals surface area (Å²) in [5.74, 6) is 0.804. The fourth-order valence-corrected chi connectivity index (χ4v) is 4.68. The molecule has 10 nitrogen and oxygen atoms in total. The van der Waals surface area contributed by atoms with Crippen molar-refractivity contribution in [2.24, 2.45) is 14.1 Å². The first-order valence-electron chi connectivity index (χ1n) is 9.98. The zero-order valence-corrected chi connectivity index (χ0v) is 18.8. The van der Waals surface area contributed by atoms with Crippen LogP contribution in [0.2, 0.25) is 0 Å². The highest BCUT2D eigenvalue weighted by molar-refractivity contribution is 7.92. The van der Waals surface area contributed by atoms with Crippen LogP contribution in [-0.2, 0) is 28.9 Å². The number of aryl methyl sites for hydroxylation is 2. The zero-order valence-electron chi connectivity index (χ0n) is 18.0. The van der Waals surface area contributed by atoms with E-state index in [2.05, 4.69) is 5.32 Å². The third kappa shape index (κ3) is 4.15. The van der Waals surface area contributed by atoms with Gasteiger partial charge < -0.3 is 14.8 Å². The highest BCUT2D eigenvalue weighted by atomic mass is 32.2. The summed E-state index contributed by atoms with van der Waals surface area (Å²) < 4.78 is 39.5. The van der Waals surface area contributed by atoms with Crippen LogP contribution < -0.4 is 24.8 Å². The molecule has 2 heterocycles. The number of hydrogen-bond acceptors (Lipinski definition) is 6. The van der Waals surface area contributed by atoms with E-state index in [1.54, 1.807) is 50.5 Å². The van der Waals surface area contributed by atoms with Crippen molar-refractivity contribution in [3.8, 4) is 11.5 Å². The molecule has 0 bridgehead atoms. The topological polar surface area (TPSA) is 112 Å². The number of nitrogens with zero attached hydrogens (tertiary/aromatic N) is 3. The van der Waals surface area contributed by atoms with Crippen LogP contribution in [-0.4, -0.2) is 43.1 Å². The summed E-state index contributed by atoms with van der Waals surface area (Å²) >= 11 is 0. The molecule has 0 saturated heterocycles. The number of imidazole rings is 1. The number of anilines is 2. The number of amides is 1. The molecule has 0 unspecified atom stereocenters. The van der Waals surface area contributed by atoms with E-state index in [0.717, 1.165) is 11.8 Å². The van der Waals surface area contributed by atoms with Gasteiger partial charge in [0, 0.05) is 38.8 Å². The van der Waals surface area contributed by atoms with Gasteiger partial charge in [0.15, 0.2) is 11.5 Å². The molecule has 11 heteroatoms. The Morgan fingerprint density at radius 3 is 2.53 bits per heavy atom. The number of sulfonamides is 1. The van der Waals surface area contributed by atoms with Crippen molar-refractivity contribution in [2.75, 3.05) is 29.2 Å². The van der Waals surface area contributed by atoms with Gasteiger partial charge in [-0.15, -0.1) is 0 Å². The van der Waals surface area contributed by atoms with Crippen molar-refractivity contribution in [3.63, 3.8) is 0 Å². The molecule has 170 valence electrons. The van der Waals surface area contributed by atoms with E-state index < -0.39 is 10.0 Å². The van der Waals surface area contributed by atoms with Crippen LogP contribution in [0.5, 0.6) is 11.5 Å². The zero-order chi connectivity index (χ0) is 23.0. The van der Waals surface area contributed by atoms with Crippen LogP contribution in [0, 0.1) is 0 Å². The van der Waals surface area contributed by atoms with Gasteiger partial charge in [0.1, 0.15) is 0 Å². The van der Waals surface area contributed by atoms with Crippen LogP contribution >= 0.6 is 0 Å². The second kappa shape index (κ2) is 8.23. The molecule has 0 aliphatic carbocycles. The third-order valence-corrected chi connectivity index (χ3v) is 6.56. The Kier molecular flexibility index (Phi) is 5.59. The molecule has 1 N–H and O–H groups in total. The molecule has 32 heavy (non-hydrogen) atoms. The maximum atomic E-state index is 12.4. The average Bonchev–Trinajstić information content (AvgIpc) is 3.29. The van der Waals surface area contributed by atoms with Gasteiger partial charge in [-0.05, 0) is 36.8 Å². The van der Waals surface area contributed by atoms with Crippen LogP contribution in [0.25, 0.3) is 11.0 Å². The molecule has 0 fully saturated rings. The minimum Gasteiger partial charge on any atom is -0.454 e. The van der Waals surface area contributed by atoms with Crippen molar-refractivity contribution >= 4 is 38.3 Å². The molecule has 1 aliphatic rings. The predicted molar refractivity (Wildman–Crippen MR) is 121 cm³/mol. The summed E-state index contributed by atoms with van der Waals surface area (Å²) in [6.07, 6.45) is 1.57. The smallest absolute Gasteiger partial charge is 0.328 e. The van der Waals surface area contributed by atoms with Gasteiger partial charge in [-0.3, -0.25) is 18.2 Å². The Balaban J connectivity index is 1.41. The molecule has 1 aliphatic heterocycles. The molecule has 3 aromatic rings. The predicted octanol–water partition coefficient (Wildman–Crippen LogP) is 1.79. The first-order valence-corrected chi connectivity index (χ1v) is 11.8. The third-order valence-electron chi connectivity index (χ3n) is 5.37. The van der Waals surface area contributed by atoms with Crippen LogP contribution in [0.4, 0.5) is 11.4 Å². The van der Waals surface area contributed by atoms with Gasteiger partial charge in [0.25, 0.3) is 0 Å². The lowest BCUT2D eigenvalue weighted by Gasteiger charge is -2.22. The van der Waals surface area contributed by atoms with Crippen LogP contribution in [0.1, 0.15) is 12.8 Å². The first kappa shape index (κ1) is 21.8. The number of ether oxygens (including phenoxy) is 2. The van der Waals surface area contributed by atoms with E-state index >= 15 is 0 Å². The van der Waals surface area contributed by atoms with Crippen molar-refractivity contribution in [1.82, 2.24) is 9.13 Å². The minimum atomic E-state index is -3.55. The van der Waals surface area contributed by atoms with E-state index in [9.17, 15) is 18.0 Å². The molecule has 0 spiro atoms. The molecule has 0 saturated carbocycles. The lowest BCUT2D eigenvalue weighted by molar-refractivity contribution is -0.116. The molecule has 1 amide bonds. The number of fused-ring (bicyclic) bond motifs is 2. The fourth-order valence-electron chi connectivity index (χ4n) is 3.72. The SMILES string of the molecule is Cn1c(=O)n(C)c2cc(NC(=O)CCCN(c3ccc4c(c3)OCO4)S(C)(=O)=O)ccc21. The minimum absolute atomic E-state index is 0.0980. The quantitative estimate of drug-likeness (QED) is 0.575. The van der Waals surface area contributed by atoms with Crippen molar-refractivity contribution in [1.29, 1.82) is 0 Å². The molecular weight excluding hydrogens is 436 g/mol. The van der Waals surface area contributed by atoms with E-state index in [4.69, 9.17) is 9.47 Å². The second-order valence-corrected chi connectivity index (χ2v) is 9.54. The van der Waals surface area contributed by atoms with E-state index in [-0.39, 0.29) is 31.4 Å². The summed E-state index contributed by atoms with van der Waals surface area (Å²) in [6, 6.07) is 10.2. The summed E-state index contributed by atoms with van der Waals surface area (Å²) in [4.78, 5) is 24.5. The number of aromatic nitrogens is 2. The molecule has 2 aromatic carbocycles. The lowest BCUT2D eigenvalue weighted by Crippen LogP contribution is -2.31. The Hall–Kier alpha value is -3.47. The molecule has 1 aromatic heterocycles. The fraction of sp³-hybridized carbons (Fsp3) is 0.333. The lowest BCUT2D eigenvalue weighted by atomic mass is 10.2. The Morgan fingerprint density at radius 2 is 1.78 bits per heavy atom. The molecule has 0 radical (unpaired) electrons. The summed E-state index contributed by atoms with van der Waals surface area (Å²) in [7, 11) is -0.189. The van der Waals surface area contributed by atoms with Crippen molar-refractivity contribution in [2.45, 2.75) is 12.8 Å². The summed E-state index contributed by atoms with van der Waals surface area (Å²) in [5, 5.41) is 2.81. The van der Waals surface area contributed by atoms with E-state index in [1.165, 1.54) is 13.4 Å². The van der Waals surface area contributed by atoms with E-state index in [0.29, 0.717) is 34.8 Å². The maximum absolute atomic E-state index is 12.4. The van der Waals surface area contributed by atoms with Crippen LogP contribution in [0.15, 0.2) is 41.2 Å². The first-order chi connectivity index (χ1) is 15.1. The van der Waals surface area contributed by atoms with Gasteiger partial charge in [-0.2, -0.15) is 0 Å². The number of hydrogen-bond donors (Lipinski definition) is 1. The Labute approximate surface area is 185 Å². The van der Waals surface area contributed by atoms with E-state index in [1.807, 2.05) is 0 Å². The number of carbonyl (C=O) groups is 1. The highest BCUT2D eigenvalue weighted by Crippen LogP contribution is 2.36. The Morgan fingerprint density at radius 1 is 1.06 bits per heavy atom. The normalized spacial score (nSPS) is 12.8. The number of nitrogens with one attached hydrogen (secondary N) is 1. The molecule has 0 atom stereocenters. The molecule has 4 rings (SSSR count). The summed E-state index contributed by atoms with van der Waals surface area (Å²) in [5.41, 5.74) is 2.35. The van der Waals surface area contributed by atoms with Gasteiger partial charge in [0.2, 0.25) is 22.7 Å².